The first kappa shape index (κ1) is 16.6. The second kappa shape index (κ2) is 9.43. The highest BCUT2D eigenvalue weighted by atomic mass is 32.2. The second-order valence-electron chi connectivity index (χ2n) is 5.06. The van der Waals surface area contributed by atoms with E-state index in [-0.39, 0.29) is 0 Å². The molecule has 0 amide bonds. The van der Waals surface area contributed by atoms with Crippen molar-refractivity contribution >= 4 is 11.8 Å². The largest absolute Gasteiger partial charge is 0.313 e. The first-order chi connectivity index (χ1) is 9.21. The summed E-state index contributed by atoms with van der Waals surface area (Å²) < 4.78 is 2.10. The number of thioether (sulfide) groups is 1. The molecule has 1 rings (SSSR count). The van der Waals surface area contributed by atoms with Crippen molar-refractivity contribution in [3.05, 3.63) is 18.0 Å². The van der Waals surface area contributed by atoms with Crippen LogP contribution >= 0.6 is 11.8 Å². The fourth-order valence-electron chi connectivity index (χ4n) is 1.97. The van der Waals surface area contributed by atoms with Crippen LogP contribution < -0.4 is 5.32 Å². The van der Waals surface area contributed by atoms with Gasteiger partial charge in [0.25, 0.3) is 0 Å². The lowest BCUT2D eigenvalue weighted by molar-refractivity contribution is 0.468. The van der Waals surface area contributed by atoms with Crippen LogP contribution in [0, 0.1) is 0 Å². The quantitative estimate of drug-likeness (QED) is 0.712. The Balaban J connectivity index is 2.54. The van der Waals surface area contributed by atoms with Gasteiger partial charge in [-0.3, -0.25) is 4.68 Å². The number of hydrogen-bond acceptors (Lipinski definition) is 3. The number of nitrogens with zero attached hydrogens (tertiary/aromatic N) is 2. The van der Waals surface area contributed by atoms with Gasteiger partial charge in [-0.25, -0.2) is 0 Å². The highest BCUT2D eigenvalue weighted by molar-refractivity contribution is 7.99. The summed E-state index contributed by atoms with van der Waals surface area (Å²) in [5.41, 5.74) is 1.21. The highest BCUT2D eigenvalue weighted by Crippen LogP contribution is 2.12. The highest BCUT2D eigenvalue weighted by Gasteiger charge is 2.11. The van der Waals surface area contributed by atoms with Gasteiger partial charge in [0.1, 0.15) is 0 Å². The molecule has 0 bridgehead atoms. The summed E-state index contributed by atoms with van der Waals surface area (Å²) in [4.78, 5) is 0. The molecule has 110 valence electrons. The maximum atomic E-state index is 4.70. The van der Waals surface area contributed by atoms with Crippen LogP contribution in [0.5, 0.6) is 0 Å². The predicted octanol–water partition coefficient (Wildman–Crippen LogP) is 3.52. The molecule has 0 aliphatic heterocycles. The summed E-state index contributed by atoms with van der Waals surface area (Å²) in [5.74, 6) is 2.36. The summed E-state index contributed by atoms with van der Waals surface area (Å²) in [5, 5.41) is 8.34. The van der Waals surface area contributed by atoms with Gasteiger partial charge < -0.3 is 5.32 Å². The molecular weight excluding hydrogens is 254 g/mol. The van der Waals surface area contributed by atoms with Crippen molar-refractivity contribution in [1.82, 2.24) is 15.1 Å². The van der Waals surface area contributed by atoms with E-state index in [4.69, 9.17) is 5.10 Å². The zero-order chi connectivity index (χ0) is 14.1. The first-order valence-corrected chi connectivity index (χ1v) is 8.71. The minimum atomic E-state index is 0.501. The van der Waals surface area contributed by atoms with E-state index in [1.807, 2.05) is 11.8 Å². The van der Waals surface area contributed by atoms with Gasteiger partial charge in [-0.2, -0.15) is 16.9 Å². The number of nitrogens with one attached hydrogen (secondary N) is 1. The average Bonchev–Trinajstić information content (AvgIpc) is 2.89. The third kappa shape index (κ3) is 6.00. The van der Waals surface area contributed by atoms with E-state index >= 15 is 0 Å². The van der Waals surface area contributed by atoms with Gasteiger partial charge in [0.15, 0.2) is 0 Å². The molecule has 4 heteroatoms. The molecule has 1 heterocycles. The van der Waals surface area contributed by atoms with Crippen LogP contribution in [0.1, 0.15) is 52.3 Å². The molecule has 1 N–H and O–H groups in total. The number of rotatable bonds is 10. The summed E-state index contributed by atoms with van der Waals surface area (Å²) in [6.45, 7) is 9.96. The standard InChI is InChI=1S/C15H29N3S/c1-5-9-16-15(12-19-7-3)11-14-8-10-18(17-14)13(4)6-2/h8,10,13,15-16H,5-7,9,11-12H2,1-4H3. The maximum absolute atomic E-state index is 4.70. The van der Waals surface area contributed by atoms with Gasteiger partial charge in [0, 0.05) is 30.5 Å². The Morgan fingerprint density at radius 3 is 2.79 bits per heavy atom. The van der Waals surface area contributed by atoms with E-state index in [2.05, 4.69) is 50.0 Å². The Hall–Kier alpha value is -0.480. The van der Waals surface area contributed by atoms with Crippen LogP contribution in [-0.2, 0) is 6.42 Å². The average molecular weight is 283 g/mol. The molecule has 0 aliphatic rings. The van der Waals surface area contributed by atoms with Crippen molar-refractivity contribution in [1.29, 1.82) is 0 Å². The molecular formula is C15H29N3S. The van der Waals surface area contributed by atoms with Crippen LogP contribution in [0.15, 0.2) is 12.3 Å². The Labute approximate surface area is 122 Å². The van der Waals surface area contributed by atoms with Gasteiger partial charge in [-0.05, 0) is 38.1 Å². The van der Waals surface area contributed by atoms with E-state index in [0.717, 1.165) is 19.4 Å². The van der Waals surface area contributed by atoms with E-state index in [0.29, 0.717) is 12.1 Å². The fourth-order valence-corrected chi connectivity index (χ4v) is 2.73. The van der Waals surface area contributed by atoms with E-state index in [9.17, 15) is 0 Å². The van der Waals surface area contributed by atoms with E-state index in [1.165, 1.54) is 23.6 Å². The SMILES string of the molecule is CCCNC(CSCC)Cc1ccn(C(C)CC)n1. The predicted molar refractivity (Wildman–Crippen MR) is 86.0 cm³/mol. The monoisotopic (exact) mass is 283 g/mol. The fraction of sp³-hybridized carbons (Fsp3) is 0.800. The van der Waals surface area contributed by atoms with Gasteiger partial charge >= 0.3 is 0 Å². The van der Waals surface area contributed by atoms with Crippen LogP contribution in [0.25, 0.3) is 0 Å². The number of hydrogen-bond donors (Lipinski definition) is 1. The van der Waals surface area contributed by atoms with Gasteiger partial charge in [-0.15, -0.1) is 0 Å². The molecule has 2 unspecified atom stereocenters. The summed E-state index contributed by atoms with van der Waals surface area (Å²) in [6, 6.07) is 3.22. The van der Waals surface area contributed by atoms with Crippen LogP contribution in [0.3, 0.4) is 0 Å². The topological polar surface area (TPSA) is 29.9 Å². The molecule has 19 heavy (non-hydrogen) atoms. The van der Waals surface area contributed by atoms with Gasteiger partial charge in [0.05, 0.1) is 5.69 Å². The molecule has 0 spiro atoms. The molecule has 0 aromatic carbocycles. The Kier molecular flexibility index (Phi) is 8.22. The Morgan fingerprint density at radius 2 is 2.16 bits per heavy atom. The van der Waals surface area contributed by atoms with Crippen LogP contribution in [-0.4, -0.2) is 33.9 Å². The van der Waals surface area contributed by atoms with Crippen molar-refractivity contribution in [3.8, 4) is 0 Å². The summed E-state index contributed by atoms with van der Waals surface area (Å²) >= 11 is 2.01. The summed E-state index contributed by atoms with van der Waals surface area (Å²) in [7, 11) is 0. The molecule has 0 saturated heterocycles. The maximum Gasteiger partial charge on any atom is 0.0640 e. The van der Waals surface area contributed by atoms with Gasteiger partial charge in [0.2, 0.25) is 0 Å². The first-order valence-electron chi connectivity index (χ1n) is 7.56. The molecule has 0 fully saturated rings. The summed E-state index contributed by atoms with van der Waals surface area (Å²) in [6.07, 6.45) is 5.47. The van der Waals surface area contributed by atoms with Gasteiger partial charge in [-0.1, -0.05) is 20.8 Å². The minimum absolute atomic E-state index is 0.501. The van der Waals surface area contributed by atoms with Crippen molar-refractivity contribution in [2.45, 2.75) is 59.0 Å². The third-order valence-corrected chi connectivity index (χ3v) is 4.41. The lowest BCUT2D eigenvalue weighted by atomic mass is 10.2. The van der Waals surface area contributed by atoms with Crippen LogP contribution in [0.4, 0.5) is 0 Å². The van der Waals surface area contributed by atoms with E-state index < -0.39 is 0 Å². The number of aromatic nitrogens is 2. The lowest BCUT2D eigenvalue weighted by Crippen LogP contribution is -2.34. The van der Waals surface area contributed by atoms with Crippen LogP contribution in [0.2, 0.25) is 0 Å². The zero-order valence-corrected chi connectivity index (χ0v) is 13.7. The lowest BCUT2D eigenvalue weighted by Gasteiger charge is -2.17. The molecule has 0 aliphatic carbocycles. The third-order valence-electron chi connectivity index (χ3n) is 3.37. The minimum Gasteiger partial charge on any atom is -0.313 e. The van der Waals surface area contributed by atoms with E-state index in [1.54, 1.807) is 0 Å². The molecule has 1 aromatic heterocycles. The van der Waals surface area contributed by atoms with Crippen molar-refractivity contribution < 1.29 is 0 Å². The second-order valence-corrected chi connectivity index (χ2v) is 6.38. The molecule has 0 saturated carbocycles. The molecule has 0 radical (unpaired) electrons. The van der Waals surface area contributed by atoms with Crippen molar-refractivity contribution in [2.75, 3.05) is 18.1 Å². The normalized spacial score (nSPS) is 14.5. The Morgan fingerprint density at radius 1 is 1.37 bits per heavy atom. The van der Waals surface area contributed by atoms with Crippen molar-refractivity contribution in [2.24, 2.45) is 0 Å². The zero-order valence-electron chi connectivity index (χ0n) is 12.9. The molecule has 1 aromatic rings. The molecule has 3 nitrogen and oxygen atoms in total. The Bertz CT molecular complexity index is 330. The smallest absolute Gasteiger partial charge is 0.0640 e. The van der Waals surface area contributed by atoms with Crippen molar-refractivity contribution in [3.63, 3.8) is 0 Å². The molecule has 2 atom stereocenters.